The van der Waals surface area contributed by atoms with E-state index in [1.807, 2.05) is 0 Å². The minimum atomic E-state index is -0.648. The monoisotopic (exact) mass is 183 g/mol. The van der Waals surface area contributed by atoms with E-state index in [0.717, 1.165) is 38.1 Å². The molecule has 2 rings (SSSR count). The van der Waals surface area contributed by atoms with E-state index in [9.17, 15) is 4.79 Å². The smallest absolute Gasteiger partial charge is 0.323 e. The molecular weight excluding hydrogens is 166 g/mol. The summed E-state index contributed by atoms with van der Waals surface area (Å²) in [6, 6.07) is 0. The van der Waals surface area contributed by atoms with Crippen LogP contribution in [0.4, 0.5) is 0 Å². The van der Waals surface area contributed by atoms with Gasteiger partial charge in [-0.25, -0.2) is 0 Å². The van der Waals surface area contributed by atoms with Crippen molar-refractivity contribution in [2.24, 2.45) is 5.92 Å². The number of aliphatic carboxylic acids is 1. The first-order valence-electron chi connectivity index (χ1n) is 5.21. The Morgan fingerprint density at radius 2 is 2.00 bits per heavy atom. The van der Waals surface area contributed by atoms with Crippen LogP contribution in [0.5, 0.6) is 0 Å². The number of hydrogen-bond donors (Lipinski definition) is 2. The third kappa shape index (κ3) is 1.85. The third-order valence-corrected chi connectivity index (χ3v) is 3.29. The van der Waals surface area contributed by atoms with Gasteiger partial charge in [-0.05, 0) is 38.1 Å². The highest BCUT2D eigenvalue weighted by atomic mass is 16.4. The van der Waals surface area contributed by atoms with Crippen molar-refractivity contribution in [2.75, 3.05) is 6.54 Å². The minimum absolute atomic E-state index is 0.567. The molecule has 3 heteroatoms. The van der Waals surface area contributed by atoms with Crippen molar-refractivity contribution in [1.82, 2.24) is 5.32 Å². The molecule has 0 heterocycles. The molecule has 0 aromatic heterocycles. The summed E-state index contributed by atoms with van der Waals surface area (Å²) in [6.07, 6.45) is 6.31. The zero-order chi connectivity index (χ0) is 9.31. The summed E-state index contributed by atoms with van der Waals surface area (Å²) in [5.41, 5.74) is -0.567. The number of nitrogens with one attached hydrogen (secondary N) is 1. The predicted molar refractivity (Wildman–Crippen MR) is 49.6 cm³/mol. The van der Waals surface area contributed by atoms with Crippen LogP contribution in [-0.2, 0) is 4.79 Å². The van der Waals surface area contributed by atoms with E-state index in [4.69, 9.17) is 5.11 Å². The highest BCUT2D eigenvalue weighted by Gasteiger charge is 2.41. The molecular formula is C10H17NO2. The first kappa shape index (κ1) is 9.00. The molecule has 2 aliphatic carbocycles. The van der Waals surface area contributed by atoms with Gasteiger partial charge in [0, 0.05) is 0 Å². The standard InChI is InChI=1S/C10H17NO2/c12-9(13)10(5-1-2-6-10)11-7-8-3-4-8/h8,11H,1-7H2,(H,12,13). The van der Waals surface area contributed by atoms with Crippen molar-refractivity contribution in [2.45, 2.75) is 44.1 Å². The van der Waals surface area contributed by atoms with Gasteiger partial charge < -0.3 is 10.4 Å². The Bertz CT molecular complexity index is 205. The number of hydrogen-bond acceptors (Lipinski definition) is 2. The Hall–Kier alpha value is -0.570. The van der Waals surface area contributed by atoms with E-state index < -0.39 is 11.5 Å². The molecule has 0 aliphatic heterocycles. The van der Waals surface area contributed by atoms with Crippen molar-refractivity contribution in [1.29, 1.82) is 0 Å². The molecule has 2 aliphatic rings. The fourth-order valence-corrected chi connectivity index (χ4v) is 2.11. The van der Waals surface area contributed by atoms with E-state index in [1.54, 1.807) is 0 Å². The maximum absolute atomic E-state index is 11.1. The Morgan fingerprint density at radius 1 is 1.38 bits per heavy atom. The van der Waals surface area contributed by atoms with Crippen LogP contribution in [0.25, 0.3) is 0 Å². The minimum Gasteiger partial charge on any atom is -0.480 e. The first-order chi connectivity index (χ1) is 6.23. The third-order valence-electron chi connectivity index (χ3n) is 3.29. The lowest BCUT2D eigenvalue weighted by Gasteiger charge is -2.25. The topological polar surface area (TPSA) is 49.3 Å². The molecule has 0 aromatic rings. The Balaban J connectivity index is 1.91. The van der Waals surface area contributed by atoms with E-state index in [2.05, 4.69) is 5.32 Å². The summed E-state index contributed by atoms with van der Waals surface area (Å²) < 4.78 is 0. The molecule has 0 radical (unpaired) electrons. The van der Waals surface area contributed by atoms with E-state index in [-0.39, 0.29) is 0 Å². The van der Waals surface area contributed by atoms with Crippen LogP contribution in [0.15, 0.2) is 0 Å². The molecule has 13 heavy (non-hydrogen) atoms. The molecule has 0 aromatic carbocycles. The molecule has 0 saturated heterocycles. The van der Waals surface area contributed by atoms with Crippen LogP contribution in [0.3, 0.4) is 0 Å². The van der Waals surface area contributed by atoms with Gasteiger partial charge in [0.1, 0.15) is 5.54 Å². The van der Waals surface area contributed by atoms with Gasteiger partial charge in [-0.1, -0.05) is 12.8 Å². The number of carbonyl (C=O) groups is 1. The lowest BCUT2D eigenvalue weighted by molar-refractivity contribution is -0.144. The Kier molecular flexibility index (Phi) is 2.28. The number of carboxylic acids is 1. The lowest BCUT2D eigenvalue weighted by Crippen LogP contribution is -2.50. The molecule has 2 N–H and O–H groups in total. The van der Waals surface area contributed by atoms with E-state index in [0.29, 0.717) is 0 Å². The summed E-state index contributed by atoms with van der Waals surface area (Å²) in [7, 11) is 0. The summed E-state index contributed by atoms with van der Waals surface area (Å²) >= 11 is 0. The maximum atomic E-state index is 11.1. The van der Waals surface area contributed by atoms with Crippen LogP contribution in [-0.4, -0.2) is 23.2 Å². The second-order valence-electron chi connectivity index (χ2n) is 4.42. The average Bonchev–Trinajstić information content (AvgIpc) is 2.80. The molecule has 3 nitrogen and oxygen atoms in total. The summed E-state index contributed by atoms with van der Waals surface area (Å²) in [5.74, 6) is 0.113. The summed E-state index contributed by atoms with van der Waals surface area (Å²) in [6.45, 7) is 0.909. The zero-order valence-electron chi connectivity index (χ0n) is 7.88. The predicted octanol–water partition coefficient (Wildman–Crippen LogP) is 1.38. The summed E-state index contributed by atoms with van der Waals surface area (Å²) in [5, 5.41) is 12.4. The second-order valence-corrected chi connectivity index (χ2v) is 4.42. The summed E-state index contributed by atoms with van der Waals surface area (Å²) in [4.78, 5) is 11.1. The van der Waals surface area contributed by atoms with Gasteiger partial charge in [0.2, 0.25) is 0 Å². The molecule has 0 unspecified atom stereocenters. The lowest BCUT2D eigenvalue weighted by atomic mass is 9.98. The van der Waals surface area contributed by atoms with Gasteiger partial charge >= 0.3 is 5.97 Å². The van der Waals surface area contributed by atoms with Crippen molar-refractivity contribution in [3.63, 3.8) is 0 Å². The fourth-order valence-electron chi connectivity index (χ4n) is 2.11. The molecule has 0 atom stereocenters. The Labute approximate surface area is 78.5 Å². The van der Waals surface area contributed by atoms with Gasteiger partial charge in [-0.3, -0.25) is 4.79 Å². The largest absolute Gasteiger partial charge is 0.480 e. The van der Waals surface area contributed by atoms with Crippen LogP contribution in [0.1, 0.15) is 38.5 Å². The van der Waals surface area contributed by atoms with Crippen molar-refractivity contribution in [3.8, 4) is 0 Å². The normalized spacial score (nSPS) is 26.2. The van der Waals surface area contributed by atoms with Gasteiger partial charge in [0.15, 0.2) is 0 Å². The number of carboxylic acid groups (broad SMARTS) is 1. The Morgan fingerprint density at radius 3 is 2.46 bits per heavy atom. The molecule has 2 fully saturated rings. The molecule has 0 spiro atoms. The van der Waals surface area contributed by atoms with Gasteiger partial charge in [-0.15, -0.1) is 0 Å². The fraction of sp³-hybridized carbons (Fsp3) is 0.900. The second kappa shape index (κ2) is 3.29. The quantitative estimate of drug-likeness (QED) is 0.692. The van der Waals surface area contributed by atoms with Crippen molar-refractivity contribution < 1.29 is 9.90 Å². The van der Waals surface area contributed by atoms with Crippen molar-refractivity contribution >= 4 is 5.97 Å². The maximum Gasteiger partial charge on any atom is 0.323 e. The highest BCUT2D eigenvalue weighted by Crippen LogP contribution is 2.33. The van der Waals surface area contributed by atoms with Gasteiger partial charge in [0.05, 0.1) is 0 Å². The van der Waals surface area contributed by atoms with Crippen molar-refractivity contribution in [3.05, 3.63) is 0 Å². The van der Waals surface area contributed by atoms with Gasteiger partial charge in [-0.2, -0.15) is 0 Å². The number of rotatable bonds is 4. The molecule has 2 saturated carbocycles. The molecule has 74 valence electrons. The van der Waals surface area contributed by atoms with Crippen LogP contribution in [0, 0.1) is 5.92 Å². The average molecular weight is 183 g/mol. The van der Waals surface area contributed by atoms with Gasteiger partial charge in [0.25, 0.3) is 0 Å². The van der Waals surface area contributed by atoms with Crippen LogP contribution >= 0.6 is 0 Å². The SMILES string of the molecule is O=C(O)C1(NCC2CC2)CCCC1. The highest BCUT2D eigenvalue weighted by molar-refractivity contribution is 5.79. The van der Waals surface area contributed by atoms with Crippen LogP contribution < -0.4 is 5.32 Å². The molecule has 0 amide bonds. The van der Waals surface area contributed by atoms with E-state index >= 15 is 0 Å². The van der Waals surface area contributed by atoms with Crippen LogP contribution in [0.2, 0.25) is 0 Å². The van der Waals surface area contributed by atoms with E-state index in [1.165, 1.54) is 12.8 Å². The zero-order valence-corrected chi connectivity index (χ0v) is 7.88. The molecule has 0 bridgehead atoms. The first-order valence-corrected chi connectivity index (χ1v) is 5.21.